The van der Waals surface area contributed by atoms with Crippen molar-refractivity contribution in [1.29, 1.82) is 5.26 Å². The molecule has 0 spiro atoms. The van der Waals surface area contributed by atoms with Crippen LogP contribution < -0.4 is 5.32 Å². The molecule has 0 aromatic carbocycles. The van der Waals surface area contributed by atoms with Gasteiger partial charge in [0.25, 0.3) is 0 Å². The topological polar surface area (TPSA) is 52.0 Å². The van der Waals surface area contributed by atoms with Gasteiger partial charge in [-0.15, -0.1) is 0 Å². The standard InChI is InChI=1S/C12H17ClN4/c1-12(2,17(3)4)8-15-11-6-9(7-14)5-10(13)16-11/h5-6H,8H2,1-4H3,(H,15,16). The van der Waals surface area contributed by atoms with Gasteiger partial charge in [-0.1, -0.05) is 11.6 Å². The van der Waals surface area contributed by atoms with Crippen LogP contribution in [0.2, 0.25) is 5.15 Å². The van der Waals surface area contributed by atoms with Crippen molar-refractivity contribution in [2.45, 2.75) is 19.4 Å². The number of hydrogen-bond donors (Lipinski definition) is 1. The summed E-state index contributed by atoms with van der Waals surface area (Å²) in [6.07, 6.45) is 0. The predicted octanol–water partition coefficient (Wildman–Crippen LogP) is 2.36. The van der Waals surface area contributed by atoms with Crippen molar-refractivity contribution in [3.8, 4) is 6.07 Å². The first-order valence-corrected chi connectivity index (χ1v) is 5.72. The van der Waals surface area contributed by atoms with Crippen LogP contribution in [0.15, 0.2) is 12.1 Å². The zero-order valence-electron chi connectivity index (χ0n) is 10.6. The van der Waals surface area contributed by atoms with Crippen molar-refractivity contribution in [2.75, 3.05) is 26.0 Å². The third kappa shape index (κ3) is 3.88. The Morgan fingerprint density at radius 3 is 2.65 bits per heavy atom. The van der Waals surface area contributed by atoms with E-state index in [9.17, 15) is 0 Å². The number of nitriles is 1. The van der Waals surface area contributed by atoms with Gasteiger partial charge in [-0.25, -0.2) is 4.98 Å². The van der Waals surface area contributed by atoms with Gasteiger partial charge in [-0.05, 0) is 40.1 Å². The molecular weight excluding hydrogens is 236 g/mol. The molecule has 0 amide bonds. The minimum absolute atomic E-state index is 0.00317. The Morgan fingerprint density at radius 2 is 2.12 bits per heavy atom. The van der Waals surface area contributed by atoms with Crippen molar-refractivity contribution >= 4 is 17.4 Å². The lowest BCUT2D eigenvalue weighted by Crippen LogP contribution is -2.44. The molecule has 0 saturated heterocycles. The van der Waals surface area contributed by atoms with Gasteiger partial charge in [0.1, 0.15) is 11.0 Å². The molecule has 5 heteroatoms. The molecule has 1 N–H and O–H groups in total. The largest absolute Gasteiger partial charge is 0.368 e. The molecule has 0 atom stereocenters. The molecule has 0 aliphatic heterocycles. The summed E-state index contributed by atoms with van der Waals surface area (Å²) in [6, 6.07) is 5.29. The fraction of sp³-hybridized carbons (Fsp3) is 0.500. The van der Waals surface area contributed by atoms with Gasteiger partial charge in [0.2, 0.25) is 0 Å². The lowest BCUT2D eigenvalue weighted by Gasteiger charge is -2.32. The smallest absolute Gasteiger partial charge is 0.132 e. The molecule has 0 radical (unpaired) electrons. The van der Waals surface area contributed by atoms with Crippen LogP contribution in [0.25, 0.3) is 0 Å². The molecule has 0 unspecified atom stereocenters. The van der Waals surface area contributed by atoms with E-state index in [0.29, 0.717) is 16.5 Å². The lowest BCUT2D eigenvalue weighted by molar-refractivity contribution is 0.210. The van der Waals surface area contributed by atoms with Crippen LogP contribution in [0.3, 0.4) is 0 Å². The van der Waals surface area contributed by atoms with Crippen molar-refractivity contribution in [1.82, 2.24) is 9.88 Å². The molecule has 1 rings (SSSR count). The average Bonchev–Trinajstić information content (AvgIpc) is 2.25. The van der Waals surface area contributed by atoms with E-state index in [-0.39, 0.29) is 5.54 Å². The molecule has 4 nitrogen and oxygen atoms in total. The molecule has 1 heterocycles. The normalized spacial score (nSPS) is 11.4. The molecule has 0 fully saturated rings. The van der Waals surface area contributed by atoms with Crippen LogP contribution in [0.5, 0.6) is 0 Å². The maximum absolute atomic E-state index is 8.83. The van der Waals surface area contributed by atoms with E-state index in [1.54, 1.807) is 12.1 Å². The first kappa shape index (κ1) is 13.8. The van der Waals surface area contributed by atoms with E-state index in [2.05, 4.69) is 35.1 Å². The van der Waals surface area contributed by atoms with Gasteiger partial charge in [-0.2, -0.15) is 5.26 Å². The minimum atomic E-state index is -0.00317. The van der Waals surface area contributed by atoms with Gasteiger partial charge < -0.3 is 10.2 Å². The number of nitrogens with zero attached hydrogens (tertiary/aromatic N) is 3. The molecule has 17 heavy (non-hydrogen) atoms. The highest BCUT2D eigenvalue weighted by Gasteiger charge is 2.20. The van der Waals surface area contributed by atoms with E-state index >= 15 is 0 Å². The van der Waals surface area contributed by atoms with Crippen LogP contribution in [0.4, 0.5) is 5.82 Å². The predicted molar refractivity (Wildman–Crippen MR) is 70.2 cm³/mol. The molecule has 1 aromatic rings. The summed E-state index contributed by atoms with van der Waals surface area (Å²) in [7, 11) is 4.04. The Hall–Kier alpha value is -1.31. The van der Waals surface area contributed by atoms with Gasteiger partial charge in [-0.3, -0.25) is 0 Å². The second-order valence-electron chi connectivity index (χ2n) is 4.74. The molecule has 0 saturated carbocycles. The first-order chi connectivity index (χ1) is 7.85. The third-order valence-electron chi connectivity index (χ3n) is 2.84. The second-order valence-corrected chi connectivity index (χ2v) is 5.12. The van der Waals surface area contributed by atoms with Crippen LogP contribution in [-0.4, -0.2) is 36.1 Å². The van der Waals surface area contributed by atoms with E-state index in [0.717, 1.165) is 6.54 Å². The van der Waals surface area contributed by atoms with E-state index in [1.807, 2.05) is 14.1 Å². The fourth-order valence-electron chi connectivity index (χ4n) is 1.12. The zero-order chi connectivity index (χ0) is 13.1. The number of halogens is 1. The fourth-order valence-corrected chi connectivity index (χ4v) is 1.33. The number of nitrogens with one attached hydrogen (secondary N) is 1. The first-order valence-electron chi connectivity index (χ1n) is 5.34. The van der Waals surface area contributed by atoms with Crippen LogP contribution >= 0.6 is 11.6 Å². The highest BCUT2D eigenvalue weighted by molar-refractivity contribution is 6.29. The Morgan fingerprint density at radius 1 is 1.47 bits per heavy atom. The second kappa shape index (κ2) is 5.35. The Labute approximate surface area is 107 Å². The minimum Gasteiger partial charge on any atom is -0.368 e. The third-order valence-corrected chi connectivity index (χ3v) is 3.03. The molecule has 0 bridgehead atoms. The number of pyridine rings is 1. The van der Waals surface area contributed by atoms with Gasteiger partial charge in [0.15, 0.2) is 0 Å². The number of likely N-dealkylation sites (N-methyl/N-ethyl adjacent to an activating group) is 1. The maximum Gasteiger partial charge on any atom is 0.132 e. The van der Waals surface area contributed by atoms with E-state index in [4.69, 9.17) is 16.9 Å². The molecule has 1 aromatic heterocycles. The summed E-state index contributed by atoms with van der Waals surface area (Å²) < 4.78 is 0. The Kier molecular flexibility index (Phi) is 4.33. The maximum atomic E-state index is 8.83. The van der Waals surface area contributed by atoms with Crippen molar-refractivity contribution in [3.63, 3.8) is 0 Å². The Balaban J connectivity index is 2.77. The number of anilines is 1. The van der Waals surface area contributed by atoms with E-state index < -0.39 is 0 Å². The molecule has 92 valence electrons. The van der Waals surface area contributed by atoms with Gasteiger partial charge in [0, 0.05) is 12.1 Å². The van der Waals surface area contributed by atoms with Crippen molar-refractivity contribution in [2.24, 2.45) is 0 Å². The van der Waals surface area contributed by atoms with Crippen LogP contribution in [-0.2, 0) is 0 Å². The van der Waals surface area contributed by atoms with Gasteiger partial charge >= 0.3 is 0 Å². The van der Waals surface area contributed by atoms with Crippen LogP contribution in [0.1, 0.15) is 19.4 Å². The molecule has 0 aliphatic rings. The summed E-state index contributed by atoms with van der Waals surface area (Å²) in [6.45, 7) is 4.96. The lowest BCUT2D eigenvalue weighted by atomic mass is 10.0. The monoisotopic (exact) mass is 252 g/mol. The molecular formula is C12H17ClN4. The summed E-state index contributed by atoms with van der Waals surface area (Å²) in [5.41, 5.74) is 0.506. The summed E-state index contributed by atoms with van der Waals surface area (Å²) in [5.74, 6) is 0.629. The molecule has 0 aliphatic carbocycles. The van der Waals surface area contributed by atoms with Crippen molar-refractivity contribution in [3.05, 3.63) is 22.8 Å². The summed E-state index contributed by atoms with van der Waals surface area (Å²) in [4.78, 5) is 6.25. The summed E-state index contributed by atoms with van der Waals surface area (Å²) in [5, 5.41) is 12.4. The SMILES string of the molecule is CN(C)C(C)(C)CNc1cc(C#N)cc(Cl)n1. The number of aromatic nitrogens is 1. The van der Waals surface area contributed by atoms with Crippen LogP contribution in [0, 0.1) is 11.3 Å². The van der Waals surface area contributed by atoms with E-state index in [1.165, 1.54) is 0 Å². The highest BCUT2D eigenvalue weighted by Crippen LogP contribution is 2.16. The number of rotatable bonds is 4. The quantitative estimate of drug-likeness (QED) is 0.836. The highest BCUT2D eigenvalue weighted by atomic mass is 35.5. The number of hydrogen-bond acceptors (Lipinski definition) is 4. The summed E-state index contributed by atoms with van der Waals surface area (Å²) >= 11 is 5.83. The zero-order valence-corrected chi connectivity index (χ0v) is 11.3. The van der Waals surface area contributed by atoms with Gasteiger partial charge in [0.05, 0.1) is 11.6 Å². The van der Waals surface area contributed by atoms with Crippen molar-refractivity contribution < 1.29 is 0 Å². The average molecular weight is 253 g/mol. The Bertz CT molecular complexity index is 435.